The smallest absolute Gasteiger partial charge is 0.276 e. The highest BCUT2D eigenvalue weighted by Gasteiger charge is 2.15. The van der Waals surface area contributed by atoms with Crippen LogP contribution in [0.3, 0.4) is 0 Å². The molecule has 2 rings (SSSR count). The minimum Gasteiger partial charge on any atom is -0.483 e. The Bertz CT molecular complexity index is 839. The third-order valence-electron chi connectivity index (χ3n) is 3.84. The molecule has 0 aromatic heterocycles. The number of para-hydroxylation sites is 1. The van der Waals surface area contributed by atoms with E-state index in [2.05, 4.69) is 31.6 Å². The molecule has 142 valence electrons. The van der Waals surface area contributed by atoms with Gasteiger partial charge in [-0.2, -0.15) is 0 Å². The monoisotopic (exact) mass is 369 g/mol. The molecule has 0 bridgehead atoms. The van der Waals surface area contributed by atoms with Crippen molar-refractivity contribution in [3.05, 3.63) is 65.2 Å². The standard InChI is InChI=1S/C20H23N3O4/c1-20(2,3)14-10-8-13(9-11-14)19(26)23-22-17(24)12-27-16-7-5-4-6-15(16)18(21)25/h4-11H,12H2,1-3H3,(H2,21,25)(H,22,24)(H,23,26). The van der Waals surface area contributed by atoms with Crippen molar-refractivity contribution in [1.29, 1.82) is 0 Å². The minimum absolute atomic E-state index is 0.0121. The summed E-state index contributed by atoms with van der Waals surface area (Å²) >= 11 is 0. The first-order valence-electron chi connectivity index (χ1n) is 8.40. The number of ether oxygens (including phenoxy) is 1. The first kappa shape index (κ1) is 20.0. The molecular formula is C20H23N3O4. The van der Waals surface area contributed by atoms with Crippen molar-refractivity contribution in [2.24, 2.45) is 5.73 Å². The van der Waals surface area contributed by atoms with Crippen molar-refractivity contribution in [2.45, 2.75) is 26.2 Å². The molecule has 0 heterocycles. The summed E-state index contributed by atoms with van der Waals surface area (Å²) in [5.74, 6) is -1.47. The van der Waals surface area contributed by atoms with Gasteiger partial charge in [0.2, 0.25) is 0 Å². The lowest BCUT2D eigenvalue weighted by Crippen LogP contribution is -2.43. The predicted octanol–water partition coefficient (Wildman–Crippen LogP) is 1.92. The summed E-state index contributed by atoms with van der Waals surface area (Å²) in [6.07, 6.45) is 0. The molecule has 0 saturated heterocycles. The maximum atomic E-state index is 12.1. The fourth-order valence-corrected chi connectivity index (χ4v) is 2.30. The third kappa shape index (κ3) is 5.57. The lowest BCUT2D eigenvalue weighted by molar-refractivity contribution is -0.123. The van der Waals surface area contributed by atoms with E-state index in [4.69, 9.17) is 10.5 Å². The summed E-state index contributed by atoms with van der Waals surface area (Å²) in [5, 5.41) is 0. The van der Waals surface area contributed by atoms with Crippen molar-refractivity contribution in [3.8, 4) is 5.75 Å². The molecule has 27 heavy (non-hydrogen) atoms. The van der Waals surface area contributed by atoms with Crippen LogP contribution in [0.15, 0.2) is 48.5 Å². The van der Waals surface area contributed by atoms with Gasteiger partial charge >= 0.3 is 0 Å². The van der Waals surface area contributed by atoms with Crippen molar-refractivity contribution >= 4 is 17.7 Å². The van der Waals surface area contributed by atoms with E-state index in [1.165, 1.54) is 12.1 Å². The number of nitrogens with two attached hydrogens (primary N) is 1. The number of nitrogens with one attached hydrogen (secondary N) is 2. The van der Waals surface area contributed by atoms with Gasteiger partial charge in [-0.25, -0.2) is 0 Å². The predicted molar refractivity (Wildman–Crippen MR) is 101 cm³/mol. The molecule has 3 amide bonds. The summed E-state index contributed by atoms with van der Waals surface area (Å²) in [7, 11) is 0. The number of carbonyl (C=O) groups excluding carboxylic acids is 3. The lowest BCUT2D eigenvalue weighted by Gasteiger charge is -2.19. The second kappa shape index (κ2) is 8.35. The van der Waals surface area contributed by atoms with Crippen LogP contribution in [-0.4, -0.2) is 24.3 Å². The van der Waals surface area contributed by atoms with Gasteiger partial charge in [0.15, 0.2) is 6.61 Å². The minimum atomic E-state index is -0.655. The fraction of sp³-hybridized carbons (Fsp3) is 0.250. The molecule has 2 aromatic carbocycles. The van der Waals surface area contributed by atoms with Crippen molar-refractivity contribution in [2.75, 3.05) is 6.61 Å². The number of benzene rings is 2. The van der Waals surface area contributed by atoms with Crippen LogP contribution >= 0.6 is 0 Å². The van der Waals surface area contributed by atoms with Gasteiger partial charge in [-0.3, -0.25) is 25.2 Å². The summed E-state index contributed by atoms with van der Waals surface area (Å²) in [6, 6.07) is 13.5. The first-order valence-corrected chi connectivity index (χ1v) is 8.40. The second-order valence-electron chi connectivity index (χ2n) is 6.98. The van der Waals surface area contributed by atoms with Gasteiger partial charge in [-0.1, -0.05) is 45.0 Å². The molecule has 0 fully saturated rings. The van der Waals surface area contributed by atoms with E-state index in [-0.39, 0.29) is 23.3 Å². The van der Waals surface area contributed by atoms with Gasteiger partial charge in [-0.05, 0) is 35.2 Å². The van der Waals surface area contributed by atoms with Crippen LogP contribution in [0.4, 0.5) is 0 Å². The van der Waals surface area contributed by atoms with Gasteiger partial charge < -0.3 is 10.5 Å². The zero-order valence-corrected chi connectivity index (χ0v) is 15.5. The van der Waals surface area contributed by atoms with Crippen LogP contribution in [0, 0.1) is 0 Å². The summed E-state index contributed by atoms with van der Waals surface area (Å²) in [4.78, 5) is 35.3. The molecular weight excluding hydrogens is 346 g/mol. The number of hydrogen-bond donors (Lipinski definition) is 3. The molecule has 7 nitrogen and oxygen atoms in total. The summed E-state index contributed by atoms with van der Waals surface area (Å²) < 4.78 is 5.29. The average molecular weight is 369 g/mol. The molecule has 0 unspecified atom stereocenters. The van der Waals surface area contributed by atoms with Gasteiger partial charge in [0.25, 0.3) is 17.7 Å². The van der Waals surface area contributed by atoms with E-state index in [1.807, 2.05) is 12.1 Å². The van der Waals surface area contributed by atoms with Crippen molar-refractivity contribution in [3.63, 3.8) is 0 Å². The summed E-state index contributed by atoms with van der Waals surface area (Å²) in [5.41, 5.74) is 11.5. The van der Waals surface area contributed by atoms with E-state index >= 15 is 0 Å². The fourth-order valence-electron chi connectivity index (χ4n) is 2.30. The molecule has 4 N–H and O–H groups in total. The number of primary amides is 1. The Morgan fingerprint density at radius 1 is 0.963 bits per heavy atom. The summed E-state index contributed by atoms with van der Waals surface area (Å²) in [6.45, 7) is 5.86. The highest BCUT2D eigenvalue weighted by molar-refractivity contribution is 5.96. The molecule has 0 aliphatic rings. The SMILES string of the molecule is CC(C)(C)c1ccc(C(=O)NNC(=O)COc2ccccc2C(N)=O)cc1. The van der Waals surface area contributed by atoms with Gasteiger partial charge in [0.1, 0.15) is 5.75 Å². The van der Waals surface area contributed by atoms with Crippen LogP contribution in [0.1, 0.15) is 47.1 Å². The topological polar surface area (TPSA) is 111 Å². The molecule has 0 atom stereocenters. The Labute approximate surface area is 157 Å². The zero-order valence-electron chi connectivity index (χ0n) is 15.5. The maximum absolute atomic E-state index is 12.1. The molecule has 0 spiro atoms. The molecule has 0 aliphatic heterocycles. The highest BCUT2D eigenvalue weighted by Crippen LogP contribution is 2.22. The number of hydrazine groups is 1. The van der Waals surface area contributed by atoms with Gasteiger partial charge in [0, 0.05) is 5.56 Å². The Kier molecular flexibility index (Phi) is 6.18. The van der Waals surface area contributed by atoms with Crippen molar-refractivity contribution in [1.82, 2.24) is 10.9 Å². The second-order valence-corrected chi connectivity index (χ2v) is 6.98. The highest BCUT2D eigenvalue weighted by atomic mass is 16.5. The molecule has 0 saturated carbocycles. The Morgan fingerprint density at radius 2 is 1.59 bits per heavy atom. The first-order chi connectivity index (χ1) is 12.7. The number of carbonyl (C=O) groups is 3. The van der Waals surface area contributed by atoms with E-state index < -0.39 is 17.7 Å². The third-order valence-corrected chi connectivity index (χ3v) is 3.84. The van der Waals surface area contributed by atoms with Crippen LogP contribution in [-0.2, 0) is 10.2 Å². The van der Waals surface area contributed by atoms with Gasteiger partial charge in [-0.15, -0.1) is 0 Å². The van der Waals surface area contributed by atoms with Crippen LogP contribution in [0.5, 0.6) is 5.75 Å². The average Bonchev–Trinajstić information content (AvgIpc) is 2.64. The molecule has 2 aromatic rings. The van der Waals surface area contributed by atoms with Crippen LogP contribution in [0.25, 0.3) is 0 Å². The Morgan fingerprint density at radius 3 is 2.19 bits per heavy atom. The molecule has 7 heteroatoms. The quantitative estimate of drug-likeness (QED) is 0.699. The lowest BCUT2D eigenvalue weighted by atomic mass is 9.87. The number of rotatable bonds is 5. The zero-order chi connectivity index (χ0) is 20.0. The van der Waals surface area contributed by atoms with E-state index in [9.17, 15) is 14.4 Å². The number of hydrogen-bond acceptors (Lipinski definition) is 4. The van der Waals surface area contributed by atoms with Crippen LogP contribution in [0.2, 0.25) is 0 Å². The van der Waals surface area contributed by atoms with E-state index in [0.29, 0.717) is 5.56 Å². The van der Waals surface area contributed by atoms with Crippen LogP contribution < -0.4 is 21.3 Å². The van der Waals surface area contributed by atoms with Crippen molar-refractivity contribution < 1.29 is 19.1 Å². The van der Waals surface area contributed by atoms with Gasteiger partial charge in [0.05, 0.1) is 5.56 Å². The van der Waals surface area contributed by atoms with E-state index in [0.717, 1.165) is 5.56 Å². The molecule has 0 radical (unpaired) electrons. The Hall–Kier alpha value is -3.35. The largest absolute Gasteiger partial charge is 0.483 e. The molecule has 0 aliphatic carbocycles. The van der Waals surface area contributed by atoms with E-state index in [1.54, 1.807) is 24.3 Å². The number of amides is 3. The normalized spacial score (nSPS) is 10.8. The maximum Gasteiger partial charge on any atom is 0.276 e. The Balaban J connectivity index is 1.87.